The number of aryl methyl sites for hydroxylation is 2. The molecule has 0 spiro atoms. The summed E-state index contributed by atoms with van der Waals surface area (Å²) in [6, 6.07) is 4.37. The summed E-state index contributed by atoms with van der Waals surface area (Å²) in [4.78, 5) is 45.9. The van der Waals surface area contributed by atoms with Gasteiger partial charge in [0.1, 0.15) is 0 Å². The van der Waals surface area contributed by atoms with Crippen LogP contribution < -0.4 is 5.32 Å². The standard InChI is InChI=1S/C17H18N4O4/c1-9-10(2)20-14-8-12(4-5-13(14)19-9)16(23)25-11(3)15(22)21-7-6-18-17(21)24/h4-5,8,11H,6-7H2,1-3H3,(H,18,24)/t11-/m1/s1. The van der Waals surface area contributed by atoms with Gasteiger partial charge in [0.05, 0.1) is 28.0 Å². The minimum absolute atomic E-state index is 0.268. The van der Waals surface area contributed by atoms with Crippen LogP contribution in [0, 0.1) is 13.8 Å². The first-order valence-corrected chi connectivity index (χ1v) is 7.92. The van der Waals surface area contributed by atoms with Crippen molar-refractivity contribution in [2.75, 3.05) is 13.1 Å². The number of ether oxygens (including phenoxy) is 1. The molecular weight excluding hydrogens is 324 g/mol. The van der Waals surface area contributed by atoms with Crippen molar-refractivity contribution in [1.82, 2.24) is 20.2 Å². The lowest BCUT2D eigenvalue weighted by Crippen LogP contribution is -2.41. The largest absolute Gasteiger partial charge is 0.449 e. The fourth-order valence-corrected chi connectivity index (χ4v) is 2.54. The van der Waals surface area contributed by atoms with Gasteiger partial charge < -0.3 is 10.1 Å². The van der Waals surface area contributed by atoms with E-state index in [4.69, 9.17) is 4.74 Å². The number of esters is 1. The molecule has 1 atom stereocenters. The molecule has 2 heterocycles. The summed E-state index contributed by atoms with van der Waals surface area (Å²) in [6.07, 6.45) is -1.06. The Kier molecular flexibility index (Phi) is 4.35. The monoisotopic (exact) mass is 342 g/mol. The van der Waals surface area contributed by atoms with Gasteiger partial charge in [-0.2, -0.15) is 0 Å². The van der Waals surface area contributed by atoms with E-state index in [1.165, 1.54) is 6.92 Å². The van der Waals surface area contributed by atoms with E-state index >= 15 is 0 Å². The third-order valence-corrected chi connectivity index (χ3v) is 4.07. The van der Waals surface area contributed by atoms with Crippen LogP contribution in [0.15, 0.2) is 18.2 Å². The predicted octanol–water partition coefficient (Wildman–Crippen LogP) is 1.34. The van der Waals surface area contributed by atoms with Crippen LogP contribution in [0.25, 0.3) is 11.0 Å². The van der Waals surface area contributed by atoms with Crippen LogP contribution in [0.4, 0.5) is 4.79 Å². The van der Waals surface area contributed by atoms with Crippen LogP contribution >= 0.6 is 0 Å². The fourth-order valence-electron chi connectivity index (χ4n) is 2.54. The predicted molar refractivity (Wildman–Crippen MR) is 89.0 cm³/mol. The second-order valence-corrected chi connectivity index (χ2v) is 5.87. The molecule has 1 N–H and O–H groups in total. The number of fused-ring (bicyclic) bond motifs is 1. The van der Waals surface area contributed by atoms with Crippen LogP contribution in [0.5, 0.6) is 0 Å². The second-order valence-electron chi connectivity index (χ2n) is 5.87. The Bertz CT molecular complexity index is 880. The number of nitrogens with one attached hydrogen (secondary N) is 1. The van der Waals surface area contributed by atoms with E-state index in [-0.39, 0.29) is 12.1 Å². The summed E-state index contributed by atoms with van der Waals surface area (Å²) in [6.45, 7) is 5.82. The van der Waals surface area contributed by atoms with E-state index < -0.39 is 24.0 Å². The number of carbonyl (C=O) groups is 3. The Morgan fingerprint density at radius 2 is 1.88 bits per heavy atom. The van der Waals surface area contributed by atoms with Crippen molar-refractivity contribution in [3.8, 4) is 0 Å². The van der Waals surface area contributed by atoms with Gasteiger partial charge in [-0.15, -0.1) is 0 Å². The molecular formula is C17H18N4O4. The van der Waals surface area contributed by atoms with Crippen molar-refractivity contribution < 1.29 is 19.1 Å². The van der Waals surface area contributed by atoms with E-state index in [1.54, 1.807) is 18.2 Å². The molecule has 1 saturated heterocycles. The van der Waals surface area contributed by atoms with E-state index in [2.05, 4.69) is 15.3 Å². The molecule has 0 aliphatic carbocycles. The number of imide groups is 1. The van der Waals surface area contributed by atoms with Crippen molar-refractivity contribution in [1.29, 1.82) is 0 Å². The lowest BCUT2D eigenvalue weighted by molar-refractivity contribution is -0.136. The average Bonchev–Trinajstić information content (AvgIpc) is 3.00. The number of nitrogens with zero attached hydrogens (tertiary/aromatic N) is 3. The number of carbonyl (C=O) groups excluding carboxylic acids is 3. The lowest BCUT2D eigenvalue weighted by atomic mass is 10.2. The van der Waals surface area contributed by atoms with Crippen LogP contribution in [-0.4, -0.2) is 52.0 Å². The first kappa shape index (κ1) is 16.8. The van der Waals surface area contributed by atoms with Crippen LogP contribution in [-0.2, 0) is 9.53 Å². The molecule has 2 aromatic rings. The first-order chi connectivity index (χ1) is 11.9. The molecule has 8 heteroatoms. The number of urea groups is 1. The Labute approximate surface area is 144 Å². The molecule has 1 aromatic heterocycles. The molecule has 130 valence electrons. The molecule has 0 unspecified atom stereocenters. The highest BCUT2D eigenvalue weighted by Gasteiger charge is 2.31. The first-order valence-electron chi connectivity index (χ1n) is 7.92. The highest BCUT2D eigenvalue weighted by Crippen LogP contribution is 2.16. The van der Waals surface area contributed by atoms with Crippen LogP contribution in [0.1, 0.15) is 28.7 Å². The molecule has 0 saturated carbocycles. The maximum Gasteiger partial charge on any atom is 0.338 e. The van der Waals surface area contributed by atoms with E-state index in [9.17, 15) is 14.4 Å². The summed E-state index contributed by atoms with van der Waals surface area (Å²) in [5.41, 5.74) is 3.14. The topological polar surface area (TPSA) is 101 Å². The Hall–Kier alpha value is -3.03. The molecule has 1 aromatic carbocycles. The molecule has 0 bridgehead atoms. The summed E-state index contributed by atoms with van der Waals surface area (Å²) in [5, 5.41) is 2.53. The van der Waals surface area contributed by atoms with Crippen molar-refractivity contribution in [2.45, 2.75) is 26.9 Å². The molecule has 3 rings (SSSR count). The molecule has 8 nitrogen and oxygen atoms in total. The minimum atomic E-state index is -1.06. The number of rotatable bonds is 3. The average molecular weight is 342 g/mol. The SMILES string of the molecule is Cc1nc2ccc(C(=O)O[C@H](C)C(=O)N3CCNC3=O)cc2nc1C. The maximum atomic E-state index is 12.3. The summed E-state index contributed by atoms with van der Waals surface area (Å²) >= 11 is 0. The zero-order valence-electron chi connectivity index (χ0n) is 14.2. The van der Waals surface area contributed by atoms with Crippen molar-refractivity contribution in [3.63, 3.8) is 0 Å². The quantitative estimate of drug-likeness (QED) is 0.845. The number of amides is 3. The maximum absolute atomic E-state index is 12.3. The van der Waals surface area contributed by atoms with Gasteiger partial charge in [0, 0.05) is 13.1 Å². The van der Waals surface area contributed by atoms with E-state index in [1.807, 2.05) is 13.8 Å². The number of hydrogen-bond donors (Lipinski definition) is 1. The van der Waals surface area contributed by atoms with Crippen LogP contribution in [0.3, 0.4) is 0 Å². The zero-order valence-corrected chi connectivity index (χ0v) is 14.2. The van der Waals surface area contributed by atoms with Crippen molar-refractivity contribution >= 4 is 28.9 Å². The van der Waals surface area contributed by atoms with Gasteiger partial charge in [-0.1, -0.05) is 0 Å². The Morgan fingerprint density at radius 3 is 2.52 bits per heavy atom. The lowest BCUT2D eigenvalue weighted by Gasteiger charge is -2.18. The molecule has 25 heavy (non-hydrogen) atoms. The highest BCUT2D eigenvalue weighted by atomic mass is 16.5. The fraction of sp³-hybridized carbons (Fsp3) is 0.353. The zero-order chi connectivity index (χ0) is 18.1. The number of hydrogen-bond acceptors (Lipinski definition) is 6. The van der Waals surface area contributed by atoms with Gasteiger partial charge in [0.25, 0.3) is 5.91 Å². The van der Waals surface area contributed by atoms with Crippen LogP contribution in [0.2, 0.25) is 0 Å². The molecule has 3 amide bonds. The second kappa shape index (κ2) is 6.46. The normalized spacial score (nSPS) is 15.2. The highest BCUT2D eigenvalue weighted by molar-refractivity contribution is 6.00. The molecule has 1 aliphatic heterocycles. The Balaban J connectivity index is 1.76. The molecule has 0 radical (unpaired) electrons. The van der Waals surface area contributed by atoms with E-state index in [0.29, 0.717) is 17.6 Å². The molecule has 1 aliphatic rings. The van der Waals surface area contributed by atoms with Crippen molar-refractivity contribution in [2.24, 2.45) is 0 Å². The van der Waals surface area contributed by atoms with Gasteiger partial charge in [-0.05, 0) is 39.0 Å². The third-order valence-electron chi connectivity index (χ3n) is 4.07. The van der Waals surface area contributed by atoms with Gasteiger partial charge in [-0.3, -0.25) is 9.69 Å². The molecule has 1 fully saturated rings. The van der Waals surface area contributed by atoms with Crippen molar-refractivity contribution in [3.05, 3.63) is 35.2 Å². The van der Waals surface area contributed by atoms with Gasteiger partial charge in [-0.25, -0.2) is 19.6 Å². The summed E-state index contributed by atoms with van der Waals surface area (Å²) < 4.78 is 5.20. The summed E-state index contributed by atoms with van der Waals surface area (Å²) in [7, 11) is 0. The Morgan fingerprint density at radius 1 is 1.20 bits per heavy atom. The van der Waals surface area contributed by atoms with E-state index in [0.717, 1.165) is 16.3 Å². The number of aromatic nitrogens is 2. The third kappa shape index (κ3) is 3.28. The minimum Gasteiger partial charge on any atom is -0.449 e. The summed E-state index contributed by atoms with van der Waals surface area (Å²) in [5.74, 6) is -1.20. The van der Waals surface area contributed by atoms with Gasteiger partial charge in [0.2, 0.25) is 0 Å². The number of benzene rings is 1. The van der Waals surface area contributed by atoms with Gasteiger partial charge in [0.15, 0.2) is 6.10 Å². The smallest absolute Gasteiger partial charge is 0.338 e. The van der Waals surface area contributed by atoms with Gasteiger partial charge >= 0.3 is 12.0 Å².